The number of nitrogens with two attached hydrogens (primary N) is 3. The molecule has 13 nitrogen and oxygen atoms in total. The second-order valence-electron chi connectivity index (χ2n) is 11.4. The fraction of sp³-hybridized carbons (Fsp3) is 0.162. The van der Waals surface area contributed by atoms with Crippen LogP contribution in [0.1, 0.15) is 39.0 Å². The van der Waals surface area contributed by atoms with Gasteiger partial charge in [0.25, 0.3) is 5.91 Å². The van der Waals surface area contributed by atoms with Crippen LogP contribution in [0.2, 0.25) is 0 Å². The van der Waals surface area contributed by atoms with Crippen LogP contribution in [-0.4, -0.2) is 52.8 Å². The van der Waals surface area contributed by atoms with Gasteiger partial charge in [-0.05, 0) is 28.8 Å². The number of rotatable bonds is 12. The fourth-order valence-electron chi connectivity index (χ4n) is 5.78. The number of benzene rings is 4. The van der Waals surface area contributed by atoms with Crippen molar-refractivity contribution in [2.24, 2.45) is 16.7 Å². The number of carbonyl (C=O) groups excluding carboxylic acids is 1. The predicted molar refractivity (Wildman–Crippen MR) is 187 cm³/mol. The summed E-state index contributed by atoms with van der Waals surface area (Å²) in [6.07, 6.45) is 0.243. The maximum absolute atomic E-state index is 13.5. The second-order valence-corrected chi connectivity index (χ2v) is 11.4. The molecule has 4 aromatic carbocycles. The first-order valence-electron chi connectivity index (χ1n) is 15.8. The molecule has 0 spiro atoms. The monoisotopic (exact) mass is 669 g/mol. The number of ether oxygens (including phenoxy) is 2. The van der Waals surface area contributed by atoms with E-state index in [-0.39, 0.29) is 41.6 Å². The lowest BCUT2D eigenvalue weighted by Gasteiger charge is -2.41. The van der Waals surface area contributed by atoms with E-state index < -0.39 is 11.4 Å². The van der Waals surface area contributed by atoms with Gasteiger partial charge in [0, 0.05) is 12.0 Å². The summed E-state index contributed by atoms with van der Waals surface area (Å²) in [4.78, 5) is 27.8. The minimum absolute atomic E-state index is 0.0310. The average molecular weight is 670 g/mol. The Labute approximate surface area is 288 Å². The van der Waals surface area contributed by atoms with Crippen molar-refractivity contribution in [2.45, 2.75) is 18.1 Å². The number of amides is 1. The second kappa shape index (κ2) is 15.3. The number of carbonyl (C=O) groups is 1. The molecule has 1 aromatic heterocycles. The quantitative estimate of drug-likeness (QED) is 0.0494. The summed E-state index contributed by atoms with van der Waals surface area (Å²) < 4.78 is 11.5. The van der Waals surface area contributed by atoms with Gasteiger partial charge in [0.1, 0.15) is 35.5 Å². The number of hydrogen-bond acceptors (Lipinski definition) is 11. The number of hydroxylamine groups is 1. The van der Waals surface area contributed by atoms with E-state index in [0.29, 0.717) is 30.8 Å². The molecule has 1 atom stereocenters. The number of nitriles is 1. The van der Waals surface area contributed by atoms with Crippen molar-refractivity contribution >= 4 is 17.6 Å². The van der Waals surface area contributed by atoms with E-state index in [0.717, 1.165) is 16.7 Å². The van der Waals surface area contributed by atoms with Gasteiger partial charge >= 0.3 is 0 Å². The summed E-state index contributed by atoms with van der Waals surface area (Å²) in [5, 5.41) is 15.2. The molecule has 0 aliphatic carbocycles. The zero-order valence-electron chi connectivity index (χ0n) is 27.0. The number of hydrazine groups is 1. The Morgan fingerprint density at radius 3 is 2.14 bits per heavy atom. The molecule has 7 N–H and O–H groups in total. The molecule has 1 fully saturated rings. The van der Waals surface area contributed by atoms with Crippen LogP contribution < -0.4 is 27.5 Å². The number of amidine groups is 1. The summed E-state index contributed by atoms with van der Waals surface area (Å²) in [6.45, 7) is 0.490. The number of nitrogens with zero attached hydrogens (tertiary/aromatic N) is 5. The molecule has 5 aromatic rings. The lowest BCUT2D eigenvalue weighted by molar-refractivity contribution is 0.0439. The first kappa shape index (κ1) is 33.6. The normalized spacial score (nSPS) is 14.5. The van der Waals surface area contributed by atoms with E-state index in [1.54, 1.807) is 24.3 Å². The van der Waals surface area contributed by atoms with Crippen LogP contribution >= 0.6 is 0 Å². The highest BCUT2D eigenvalue weighted by atomic mass is 16.7. The molecule has 0 bridgehead atoms. The van der Waals surface area contributed by atoms with Crippen LogP contribution in [0.4, 0.5) is 5.82 Å². The number of nitrogens with one attached hydrogen (secondary N) is 1. The van der Waals surface area contributed by atoms with E-state index in [1.807, 2.05) is 91.0 Å². The highest BCUT2D eigenvalue weighted by molar-refractivity contribution is 6.00. The Hall–Kier alpha value is -6.33. The van der Waals surface area contributed by atoms with Crippen molar-refractivity contribution in [2.75, 3.05) is 25.6 Å². The molecule has 6 rings (SSSR count). The average Bonchev–Trinajstić information content (AvgIpc) is 3.66. The largest absolute Gasteiger partial charge is 0.471 e. The lowest BCUT2D eigenvalue weighted by atomic mass is 9.77. The van der Waals surface area contributed by atoms with Gasteiger partial charge in [0.2, 0.25) is 5.88 Å². The lowest BCUT2D eigenvalue weighted by Crippen LogP contribution is -2.50. The van der Waals surface area contributed by atoms with Gasteiger partial charge in [0.15, 0.2) is 5.82 Å². The van der Waals surface area contributed by atoms with Crippen molar-refractivity contribution < 1.29 is 19.1 Å². The van der Waals surface area contributed by atoms with Crippen LogP contribution in [0.15, 0.2) is 120 Å². The first-order chi connectivity index (χ1) is 24.4. The fourth-order valence-corrected chi connectivity index (χ4v) is 5.78. The minimum atomic E-state index is -1.08. The van der Waals surface area contributed by atoms with Crippen LogP contribution in [0.3, 0.4) is 0 Å². The van der Waals surface area contributed by atoms with Crippen molar-refractivity contribution in [1.82, 2.24) is 20.6 Å². The number of aromatic nitrogens is 2. The SMILES string of the molecule is N#Cc1cccc(-c2nc(N)c(C(=O)NOC/C(N)=N/N(N)C(c3ccccc3)(c3ccccc3)c3ccccc3)c(OC3CCOC3)n2)c1. The zero-order valence-corrected chi connectivity index (χ0v) is 27.0. The maximum Gasteiger partial charge on any atom is 0.284 e. The van der Waals surface area contributed by atoms with Crippen molar-refractivity contribution in [3.05, 3.63) is 143 Å². The van der Waals surface area contributed by atoms with E-state index >= 15 is 0 Å². The Morgan fingerprint density at radius 1 is 0.960 bits per heavy atom. The Morgan fingerprint density at radius 2 is 1.58 bits per heavy atom. The van der Waals surface area contributed by atoms with Gasteiger partial charge in [-0.25, -0.2) is 21.4 Å². The number of anilines is 1. The standard InChI is InChI=1S/C37H35N9O4/c38-22-25-11-10-12-26(21-25)34-42-33(40)32(36(43-34)50-30-19-20-48-23-30)35(47)45-49-24-31(39)44-46(41)37(27-13-4-1-5-14-27,28-15-6-2-7-16-28)29-17-8-3-9-18-29/h1-18,21,30H,19-20,23-24,41H2,(H2,39,44)(H,45,47)(H2,40,42,43). The van der Waals surface area contributed by atoms with Gasteiger partial charge < -0.3 is 20.9 Å². The molecule has 252 valence electrons. The first-order valence-corrected chi connectivity index (χ1v) is 15.8. The zero-order chi connectivity index (χ0) is 34.9. The molecular weight excluding hydrogens is 634 g/mol. The number of nitrogen functional groups attached to an aromatic ring is 1. The molecule has 13 heteroatoms. The van der Waals surface area contributed by atoms with Crippen molar-refractivity contribution in [3.63, 3.8) is 0 Å². The molecule has 1 aliphatic rings. The molecule has 2 heterocycles. The molecule has 0 saturated carbocycles. The summed E-state index contributed by atoms with van der Waals surface area (Å²) >= 11 is 0. The van der Waals surface area contributed by atoms with E-state index in [2.05, 4.69) is 26.6 Å². The smallest absolute Gasteiger partial charge is 0.284 e. The van der Waals surface area contributed by atoms with Gasteiger partial charge in [-0.2, -0.15) is 10.2 Å². The van der Waals surface area contributed by atoms with E-state index in [4.69, 9.17) is 31.6 Å². The highest BCUT2D eigenvalue weighted by Crippen LogP contribution is 2.41. The summed E-state index contributed by atoms with van der Waals surface area (Å²) in [6, 6.07) is 38.0. The summed E-state index contributed by atoms with van der Waals surface area (Å²) in [7, 11) is 0. The van der Waals surface area contributed by atoms with Crippen LogP contribution in [0, 0.1) is 11.3 Å². The minimum Gasteiger partial charge on any atom is -0.471 e. The van der Waals surface area contributed by atoms with Gasteiger partial charge in [0.05, 0.1) is 24.8 Å². The Balaban J connectivity index is 1.25. The molecule has 50 heavy (non-hydrogen) atoms. The number of hydrazone groups is 1. The third-order valence-electron chi connectivity index (χ3n) is 8.09. The van der Waals surface area contributed by atoms with E-state index in [9.17, 15) is 10.1 Å². The van der Waals surface area contributed by atoms with E-state index in [1.165, 1.54) is 5.12 Å². The molecule has 1 saturated heterocycles. The molecule has 1 unspecified atom stereocenters. The molecular formula is C37H35N9O4. The van der Waals surface area contributed by atoms with Gasteiger partial charge in [-0.15, -0.1) is 5.10 Å². The highest BCUT2D eigenvalue weighted by Gasteiger charge is 2.41. The van der Waals surface area contributed by atoms with Crippen molar-refractivity contribution in [1.29, 1.82) is 5.26 Å². The van der Waals surface area contributed by atoms with Crippen molar-refractivity contribution in [3.8, 4) is 23.3 Å². The van der Waals surface area contributed by atoms with Gasteiger partial charge in [-0.1, -0.05) is 103 Å². The van der Waals surface area contributed by atoms with Crippen LogP contribution in [-0.2, 0) is 15.1 Å². The summed E-state index contributed by atoms with van der Waals surface area (Å²) in [5.41, 5.74) is 17.3. The number of hydrogen-bond donors (Lipinski definition) is 4. The van der Waals surface area contributed by atoms with Crippen LogP contribution in [0.25, 0.3) is 11.4 Å². The Kier molecular flexibility index (Phi) is 10.2. The Bertz CT molecular complexity index is 1900. The van der Waals surface area contributed by atoms with Gasteiger partial charge in [-0.3, -0.25) is 9.63 Å². The third kappa shape index (κ3) is 7.08. The van der Waals surface area contributed by atoms with Crippen LogP contribution in [0.5, 0.6) is 5.88 Å². The molecule has 1 aliphatic heterocycles. The molecule has 0 radical (unpaired) electrons. The topological polar surface area (TPSA) is 200 Å². The predicted octanol–water partition coefficient (Wildman–Crippen LogP) is 3.87. The maximum atomic E-state index is 13.5. The molecule has 1 amide bonds. The third-order valence-corrected chi connectivity index (χ3v) is 8.09. The summed E-state index contributed by atoms with van der Waals surface area (Å²) in [5.74, 6) is 6.00.